The van der Waals surface area contributed by atoms with Crippen LogP contribution in [-0.4, -0.2) is 41.6 Å². The quantitative estimate of drug-likeness (QED) is 0.257. The number of hydrogen-bond donors (Lipinski definition) is 0. The summed E-state index contributed by atoms with van der Waals surface area (Å²) in [7, 11) is 0. The predicted octanol–water partition coefficient (Wildman–Crippen LogP) is 5.78. The zero-order valence-corrected chi connectivity index (χ0v) is 21.6. The number of pyridine rings is 1. The molecule has 1 aliphatic heterocycles. The zero-order chi connectivity index (χ0) is 25.1. The van der Waals surface area contributed by atoms with E-state index >= 15 is 0 Å². The number of carbonyl (C=O) groups is 2. The second kappa shape index (κ2) is 10.8. The maximum absolute atomic E-state index is 12.9. The number of aryl methyl sites for hydroxylation is 2. The molecule has 0 spiro atoms. The van der Waals surface area contributed by atoms with Crippen LogP contribution >= 0.6 is 34.5 Å². The van der Waals surface area contributed by atoms with E-state index in [4.69, 9.17) is 32.7 Å². The van der Waals surface area contributed by atoms with Crippen molar-refractivity contribution in [3.63, 3.8) is 0 Å². The molecule has 1 amide bonds. The number of alkyl halides is 1. The molecule has 1 saturated heterocycles. The molecule has 1 atom stereocenters. The number of benzene rings is 1. The van der Waals surface area contributed by atoms with Gasteiger partial charge >= 0.3 is 6.09 Å². The Morgan fingerprint density at radius 1 is 1.20 bits per heavy atom. The number of halogens is 2. The SMILES string of the molecule is Cc1cc(N2C[C@H](CCC(=O)c3ccc(Cl)s3)OC2=O)cc(C)c1-n1cccc(OCCCl)c1=O. The van der Waals surface area contributed by atoms with Crippen molar-refractivity contribution >= 4 is 52.1 Å². The molecule has 7 nitrogen and oxygen atoms in total. The van der Waals surface area contributed by atoms with E-state index in [-0.39, 0.29) is 42.1 Å². The van der Waals surface area contributed by atoms with Crippen molar-refractivity contribution in [3.8, 4) is 11.4 Å². The van der Waals surface area contributed by atoms with Gasteiger partial charge in [0.05, 0.1) is 27.3 Å². The number of ether oxygens (including phenoxy) is 2. The van der Waals surface area contributed by atoms with E-state index in [1.54, 1.807) is 35.4 Å². The van der Waals surface area contributed by atoms with Crippen LogP contribution in [-0.2, 0) is 4.74 Å². The van der Waals surface area contributed by atoms with Crippen LogP contribution in [0.4, 0.5) is 10.5 Å². The van der Waals surface area contributed by atoms with Crippen LogP contribution in [0.2, 0.25) is 4.34 Å². The van der Waals surface area contributed by atoms with Crippen LogP contribution in [0.3, 0.4) is 0 Å². The fourth-order valence-corrected chi connectivity index (χ4v) is 5.23. The van der Waals surface area contributed by atoms with Gasteiger partial charge in [0.2, 0.25) is 0 Å². The summed E-state index contributed by atoms with van der Waals surface area (Å²) in [5.41, 5.74) is 2.75. The molecule has 0 radical (unpaired) electrons. The third-order valence-corrected chi connectivity index (χ3v) is 7.12. The highest BCUT2D eigenvalue weighted by Gasteiger charge is 2.33. The first-order chi connectivity index (χ1) is 16.8. The highest BCUT2D eigenvalue weighted by molar-refractivity contribution is 7.18. The molecule has 4 rings (SSSR count). The molecule has 0 bridgehead atoms. The average molecular weight is 535 g/mol. The van der Waals surface area contributed by atoms with E-state index in [2.05, 4.69) is 0 Å². The number of cyclic esters (lactones) is 1. The molecule has 0 N–H and O–H groups in total. The fourth-order valence-electron chi connectivity index (χ4n) is 4.14. The monoisotopic (exact) mass is 534 g/mol. The number of Topliss-reactive ketones (excluding diaryl/α,β-unsaturated/α-hetero) is 1. The first kappa shape index (κ1) is 25.3. The van der Waals surface area contributed by atoms with Gasteiger partial charge in [-0.15, -0.1) is 22.9 Å². The van der Waals surface area contributed by atoms with Crippen molar-refractivity contribution in [2.45, 2.75) is 32.8 Å². The molecule has 184 valence electrons. The highest BCUT2D eigenvalue weighted by Crippen LogP contribution is 2.30. The topological polar surface area (TPSA) is 77.8 Å². The number of ketones is 1. The standard InChI is InChI=1S/C25H24Cl2N2O5S/c1-15-12-17(13-16(2)23(15)28-10-3-4-20(24(28)31)33-11-9-26)29-14-18(34-25(29)32)5-6-19(30)21-7-8-22(27)35-21/h3-4,7-8,10,12-13,18H,5-6,9,11,14H2,1-2H3/t18-/m0/s1. The number of anilines is 1. The van der Waals surface area contributed by atoms with Crippen molar-refractivity contribution in [1.29, 1.82) is 0 Å². The van der Waals surface area contributed by atoms with Crippen molar-refractivity contribution in [2.75, 3.05) is 23.9 Å². The largest absolute Gasteiger partial charge is 0.487 e. The average Bonchev–Trinajstić information content (AvgIpc) is 3.42. The minimum Gasteiger partial charge on any atom is -0.487 e. The Labute approximate surface area is 216 Å². The number of carbonyl (C=O) groups excluding carboxylic acids is 2. The van der Waals surface area contributed by atoms with Gasteiger partial charge in [-0.2, -0.15) is 0 Å². The normalized spacial score (nSPS) is 15.4. The molecule has 1 aromatic carbocycles. The summed E-state index contributed by atoms with van der Waals surface area (Å²) in [6, 6.07) is 10.5. The molecule has 3 heterocycles. The number of amides is 1. The van der Waals surface area contributed by atoms with E-state index in [1.165, 1.54) is 15.9 Å². The molecule has 35 heavy (non-hydrogen) atoms. The van der Waals surface area contributed by atoms with E-state index in [1.807, 2.05) is 26.0 Å². The summed E-state index contributed by atoms with van der Waals surface area (Å²) < 4.78 is 13.1. The number of aromatic nitrogens is 1. The van der Waals surface area contributed by atoms with Crippen LogP contribution < -0.4 is 15.2 Å². The summed E-state index contributed by atoms with van der Waals surface area (Å²) in [5.74, 6) is 0.487. The molecular formula is C25H24Cl2N2O5S. The lowest BCUT2D eigenvalue weighted by Gasteiger charge is -2.19. The van der Waals surface area contributed by atoms with Gasteiger partial charge in [-0.05, 0) is 67.8 Å². The Balaban J connectivity index is 1.50. The number of thiophene rings is 1. The second-order valence-corrected chi connectivity index (χ2v) is 10.3. The maximum Gasteiger partial charge on any atom is 0.414 e. The molecule has 0 saturated carbocycles. The predicted molar refractivity (Wildman–Crippen MR) is 138 cm³/mol. The van der Waals surface area contributed by atoms with E-state index in [0.717, 1.165) is 16.8 Å². The molecule has 1 aliphatic rings. The Bertz CT molecular complexity index is 1300. The van der Waals surface area contributed by atoms with Gasteiger partial charge in [-0.1, -0.05) is 11.6 Å². The number of hydrogen-bond acceptors (Lipinski definition) is 6. The van der Waals surface area contributed by atoms with Crippen LogP contribution in [0.1, 0.15) is 33.6 Å². The summed E-state index contributed by atoms with van der Waals surface area (Å²) in [6.07, 6.45) is 1.53. The fraction of sp³-hybridized carbons (Fsp3) is 0.320. The summed E-state index contributed by atoms with van der Waals surface area (Å²) in [6.45, 7) is 4.35. The molecule has 0 unspecified atom stereocenters. The van der Waals surface area contributed by atoms with Gasteiger partial charge in [-0.3, -0.25) is 19.1 Å². The Hall–Kier alpha value is -2.81. The zero-order valence-electron chi connectivity index (χ0n) is 19.3. The maximum atomic E-state index is 12.9. The van der Waals surface area contributed by atoms with Crippen molar-refractivity contribution < 1.29 is 19.1 Å². The summed E-state index contributed by atoms with van der Waals surface area (Å²) >= 11 is 12.8. The van der Waals surface area contributed by atoms with Gasteiger partial charge in [0, 0.05) is 18.3 Å². The van der Waals surface area contributed by atoms with Gasteiger partial charge in [0.1, 0.15) is 12.7 Å². The third-order valence-electron chi connectivity index (χ3n) is 5.69. The van der Waals surface area contributed by atoms with E-state index in [9.17, 15) is 14.4 Å². The summed E-state index contributed by atoms with van der Waals surface area (Å²) in [4.78, 5) is 40.1. The Morgan fingerprint density at radius 3 is 2.60 bits per heavy atom. The van der Waals surface area contributed by atoms with Crippen molar-refractivity contribution in [3.05, 3.63) is 73.3 Å². The van der Waals surface area contributed by atoms with Crippen LogP contribution in [0, 0.1) is 13.8 Å². The van der Waals surface area contributed by atoms with Gasteiger partial charge in [-0.25, -0.2) is 4.79 Å². The highest BCUT2D eigenvalue weighted by atomic mass is 35.5. The lowest BCUT2D eigenvalue weighted by Crippen LogP contribution is -2.26. The Morgan fingerprint density at radius 2 is 1.94 bits per heavy atom. The number of nitrogens with zero attached hydrogens (tertiary/aromatic N) is 2. The lowest BCUT2D eigenvalue weighted by atomic mass is 10.1. The first-order valence-electron chi connectivity index (χ1n) is 11.1. The molecule has 10 heteroatoms. The smallest absolute Gasteiger partial charge is 0.414 e. The van der Waals surface area contributed by atoms with Crippen LogP contribution in [0.5, 0.6) is 5.75 Å². The number of rotatable bonds is 9. The van der Waals surface area contributed by atoms with Crippen LogP contribution in [0.25, 0.3) is 5.69 Å². The Kier molecular flexibility index (Phi) is 7.84. The van der Waals surface area contributed by atoms with Crippen molar-refractivity contribution in [1.82, 2.24) is 4.57 Å². The molecule has 2 aromatic heterocycles. The summed E-state index contributed by atoms with van der Waals surface area (Å²) in [5, 5.41) is 0. The molecule has 3 aromatic rings. The lowest BCUT2D eigenvalue weighted by molar-refractivity contribution is 0.0943. The minimum absolute atomic E-state index is 0.0184. The third kappa shape index (κ3) is 5.55. The van der Waals surface area contributed by atoms with Gasteiger partial charge in [0.15, 0.2) is 11.5 Å². The van der Waals surface area contributed by atoms with Gasteiger partial charge in [0.25, 0.3) is 5.56 Å². The molecule has 1 fully saturated rings. The van der Waals surface area contributed by atoms with Gasteiger partial charge < -0.3 is 9.47 Å². The first-order valence-corrected chi connectivity index (χ1v) is 12.8. The minimum atomic E-state index is -0.457. The second-order valence-electron chi connectivity index (χ2n) is 8.20. The van der Waals surface area contributed by atoms with E-state index in [0.29, 0.717) is 27.9 Å². The molecular weight excluding hydrogens is 511 g/mol. The van der Waals surface area contributed by atoms with Crippen LogP contribution in [0.15, 0.2) is 47.4 Å². The molecule has 0 aliphatic carbocycles. The van der Waals surface area contributed by atoms with E-state index < -0.39 is 6.09 Å². The van der Waals surface area contributed by atoms with Crippen molar-refractivity contribution in [2.24, 2.45) is 0 Å².